The third kappa shape index (κ3) is 4.02. The Hall–Kier alpha value is -6.58. The maximum absolute atomic E-state index is 2.57. The van der Waals surface area contributed by atoms with Crippen LogP contribution in [0.5, 0.6) is 0 Å². The first-order chi connectivity index (χ1) is 27.4. The van der Waals surface area contributed by atoms with E-state index in [0.717, 1.165) is 0 Å². The van der Waals surface area contributed by atoms with Crippen molar-refractivity contribution in [1.29, 1.82) is 0 Å². The van der Waals surface area contributed by atoms with Gasteiger partial charge >= 0.3 is 0 Å². The molecule has 0 fully saturated rings. The molecule has 12 rings (SSSR count). The fourth-order valence-electron chi connectivity index (χ4n) is 10.9. The van der Waals surface area contributed by atoms with Crippen LogP contribution in [0.25, 0.3) is 22.3 Å². The van der Waals surface area contributed by atoms with Crippen molar-refractivity contribution in [2.45, 2.75) is 33.1 Å². The van der Waals surface area contributed by atoms with E-state index >= 15 is 0 Å². The molecule has 2 aliphatic carbocycles. The third-order valence-electron chi connectivity index (χ3n) is 13.1. The maximum atomic E-state index is 2.57. The highest BCUT2D eigenvalue weighted by molar-refractivity contribution is 7.00. The smallest absolute Gasteiger partial charge is 0.252 e. The Kier molecular flexibility index (Phi) is 6.37. The van der Waals surface area contributed by atoms with E-state index in [1.165, 1.54) is 117 Å². The minimum absolute atomic E-state index is 0.105. The van der Waals surface area contributed by atoms with E-state index < -0.39 is 0 Å². The summed E-state index contributed by atoms with van der Waals surface area (Å²) in [7, 11) is 0. The summed E-state index contributed by atoms with van der Waals surface area (Å²) in [5, 5.41) is 0. The second kappa shape index (κ2) is 11.2. The van der Waals surface area contributed by atoms with Crippen LogP contribution >= 0.6 is 0 Å². The summed E-state index contributed by atoms with van der Waals surface area (Å²) in [6.07, 6.45) is 0. The lowest BCUT2D eigenvalue weighted by atomic mass is 9.33. The number of fused-ring (bicyclic) bond motifs is 14. The summed E-state index contributed by atoms with van der Waals surface area (Å²) in [6, 6.07) is 62.6. The molecule has 0 saturated heterocycles. The zero-order valence-corrected chi connectivity index (χ0v) is 32.1. The quantitative estimate of drug-likeness (QED) is 0.165. The number of hydrogen-bond acceptors (Lipinski definition) is 2. The van der Waals surface area contributed by atoms with Gasteiger partial charge in [0, 0.05) is 34.1 Å². The third-order valence-corrected chi connectivity index (χ3v) is 13.1. The number of anilines is 6. The van der Waals surface area contributed by atoms with E-state index in [1.807, 2.05) is 0 Å². The van der Waals surface area contributed by atoms with Crippen molar-refractivity contribution < 1.29 is 0 Å². The first kappa shape index (κ1) is 31.7. The molecular weight excluding hydrogens is 675 g/mol. The van der Waals surface area contributed by atoms with Crippen LogP contribution in [0.3, 0.4) is 0 Å². The standard InChI is InChI=1S/C53H39BN2/c1-32-17-21-36(22-18-32)55-48-25-19-33(2)27-46(48)54-47-28-34(3)20-26-49(47)56(51-30-35(4)29-50(55)52(51)54)37-23-24-45-41(31-37)40-13-7-10-16-44(40)53(45)42-14-8-5-11-38(42)39-12-6-9-15-43(39)53/h5-31H,1-4H3. The number of benzene rings is 8. The second-order valence-corrected chi connectivity index (χ2v) is 16.4. The zero-order valence-electron chi connectivity index (χ0n) is 32.1. The van der Waals surface area contributed by atoms with Gasteiger partial charge in [-0.1, -0.05) is 132 Å². The van der Waals surface area contributed by atoms with Gasteiger partial charge in [0.15, 0.2) is 0 Å². The van der Waals surface area contributed by atoms with E-state index in [4.69, 9.17) is 0 Å². The summed E-state index contributed by atoms with van der Waals surface area (Å²) < 4.78 is 0. The van der Waals surface area contributed by atoms with Crippen LogP contribution < -0.4 is 26.2 Å². The van der Waals surface area contributed by atoms with Crippen molar-refractivity contribution in [3.8, 4) is 22.3 Å². The molecule has 2 heterocycles. The van der Waals surface area contributed by atoms with Crippen molar-refractivity contribution in [2.24, 2.45) is 0 Å². The lowest BCUT2D eigenvalue weighted by Gasteiger charge is -2.44. The molecule has 8 aromatic rings. The fourth-order valence-corrected chi connectivity index (χ4v) is 10.9. The van der Waals surface area contributed by atoms with Gasteiger partial charge in [0.25, 0.3) is 6.71 Å². The molecular formula is C53H39BN2. The molecule has 0 aromatic heterocycles. The molecule has 0 unspecified atom stereocenters. The number of rotatable bonds is 2. The normalized spacial score (nSPS) is 14.5. The van der Waals surface area contributed by atoms with Crippen LogP contribution in [0.1, 0.15) is 44.5 Å². The molecule has 2 nitrogen and oxygen atoms in total. The molecule has 0 atom stereocenters. The lowest BCUT2D eigenvalue weighted by molar-refractivity contribution is 0.794. The monoisotopic (exact) mass is 714 g/mol. The molecule has 0 radical (unpaired) electrons. The molecule has 4 aliphatic rings. The Morgan fingerprint density at radius 1 is 0.357 bits per heavy atom. The Labute approximate surface area is 329 Å². The van der Waals surface area contributed by atoms with Gasteiger partial charge in [0.2, 0.25) is 0 Å². The van der Waals surface area contributed by atoms with Crippen LogP contribution in [0.15, 0.2) is 164 Å². The molecule has 1 spiro atoms. The molecule has 2 aliphatic heterocycles. The summed E-state index contributed by atoms with van der Waals surface area (Å²) in [6.45, 7) is 8.99. The average molecular weight is 715 g/mol. The Morgan fingerprint density at radius 3 is 1.36 bits per heavy atom. The predicted octanol–water partition coefficient (Wildman–Crippen LogP) is 11.3. The highest BCUT2D eigenvalue weighted by Gasteiger charge is 2.52. The molecule has 56 heavy (non-hydrogen) atoms. The Balaban J connectivity index is 1.14. The summed E-state index contributed by atoms with van der Waals surface area (Å²) in [5.41, 5.74) is 26.9. The van der Waals surface area contributed by atoms with E-state index in [-0.39, 0.29) is 12.1 Å². The lowest BCUT2D eigenvalue weighted by Crippen LogP contribution is -2.61. The van der Waals surface area contributed by atoms with Gasteiger partial charge in [-0.25, -0.2) is 0 Å². The van der Waals surface area contributed by atoms with E-state index in [1.54, 1.807) is 0 Å². The van der Waals surface area contributed by atoms with E-state index in [0.29, 0.717) is 0 Å². The van der Waals surface area contributed by atoms with Crippen LogP contribution in [0, 0.1) is 27.7 Å². The maximum Gasteiger partial charge on any atom is 0.252 e. The van der Waals surface area contributed by atoms with Crippen molar-refractivity contribution >= 4 is 57.2 Å². The Morgan fingerprint density at radius 2 is 0.804 bits per heavy atom. The van der Waals surface area contributed by atoms with Gasteiger partial charge < -0.3 is 9.80 Å². The summed E-state index contributed by atoms with van der Waals surface area (Å²) in [4.78, 5) is 5.07. The predicted molar refractivity (Wildman–Crippen MR) is 236 cm³/mol. The minimum Gasteiger partial charge on any atom is -0.311 e. The van der Waals surface area contributed by atoms with Gasteiger partial charge in [0.1, 0.15) is 0 Å². The van der Waals surface area contributed by atoms with Crippen molar-refractivity contribution in [1.82, 2.24) is 0 Å². The highest BCUT2D eigenvalue weighted by atomic mass is 15.2. The second-order valence-electron chi connectivity index (χ2n) is 16.4. The van der Waals surface area contributed by atoms with Gasteiger partial charge in [0.05, 0.1) is 5.41 Å². The van der Waals surface area contributed by atoms with Crippen LogP contribution in [0.4, 0.5) is 34.1 Å². The number of hydrogen-bond donors (Lipinski definition) is 0. The molecule has 0 amide bonds. The zero-order chi connectivity index (χ0) is 37.4. The topological polar surface area (TPSA) is 6.48 Å². The molecule has 3 heteroatoms. The molecule has 0 bridgehead atoms. The van der Waals surface area contributed by atoms with E-state index in [2.05, 4.69) is 201 Å². The SMILES string of the molecule is Cc1ccc(N2c3ccc(C)cc3B3c4cc(C)ccc4N(c4ccc5c(c4)-c4ccccc4C54c5ccccc5-c5ccccc54)c4cc(C)cc2c43)cc1. The largest absolute Gasteiger partial charge is 0.311 e. The van der Waals surface area contributed by atoms with Crippen molar-refractivity contribution in [3.63, 3.8) is 0 Å². The van der Waals surface area contributed by atoms with Crippen LogP contribution in [-0.2, 0) is 5.41 Å². The molecule has 8 aromatic carbocycles. The fraction of sp³-hybridized carbons (Fsp3) is 0.0943. The summed E-state index contributed by atoms with van der Waals surface area (Å²) in [5.74, 6) is 0. The first-order valence-corrected chi connectivity index (χ1v) is 19.9. The van der Waals surface area contributed by atoms with Crippen LogP contribution in [0.2, 0.25) is 0 Å². The van der Waals surface area contributed by atoms with Crippen molar-refractivity contribution in [3.05, 3.63) is 208 Å². The molecule has 0 saturated carbocycles. The number of nitrogens with zero attached hydrogens (tertiary/aromatic N) is 2. The average Bonchev–Trinajstić information content (AvgIpc) is 3.68. The number of aryl methyl sites for hydroxylation is 4. The first-order valence-electron chi connectivity index (χ1n) is 19.9. The highest BCUT2D eigenvalue weighted by Crippen LogP contribution is 2.63. The Bertz CT molecular complexity index is 2950. The van der Waals surface area contributed by atoms with Gasteiger partial charge in [-0.2, -0.15) is 0 Å². The van der Waals surface area contributed by atoms with Crippen LogP contribution in [-0.4, -0.2) is 6.71 Å². The van der Waals surface area contributed by atoms with Gasteiger partial charge in [-0.05, 0) is 143 Å². The van der Waals surface area contributed by atoms with Gasteiger partial charge in [-0.15, -0.1) is 0 Å². The minimum atomic E-state index is -0.363. The van der Waals surface area contributed by atoms with E-state index in [9.17, 15) is 0 Å². The van der Waals surface area contributed by atoms with Crippen molar-refractivity contribution in [2.75, 3.05) is 9.80 Å². The summed E-state index contributed by atoms with van der Waals surface area (Å²) >= 11 is 0. The van der Waals surface area contributed by atoms with Gasteiger partial charge in [-0.3, -0.25) is 0 Å². The molecule has 0 N–H and O–H groups in total. The molecule has 264 valence electrons.